The van der Waals surface area contributed by atoms with Gasteiger partial charge in [-0.2, -0.15) is 0 Å². The molecule has 0 bridgehead atoms. The molecule has 0 unspecified atom stereocenters. The normalized spacial score (nSPS) is 15.8. The lowest BCUT2D eigenvalue weighted by Crippen LogP contribution is -2.26. The predicted molar refractivity (Wildman–Crippen MR) is 92.4 cm³/mol. The minimum Gasteiger partial charge on any atom is -0.488 e. The lowest BCUT2D eigenvalue weighted by atomic mass is 10.00. The highest BCUT2D eigenvalue weighted by Gasteiger charge is 2.37. The van der Waals surface area contributed by atoms with Crippen LogP contribution in [0, 0.1) is 0 Å². The van der Waals surface area contributed by atoms with Crippen LogP contribution in [0.15, 0.2) is 48.5 Å². The quantitative estimate of drug-likeness (QED) is 0.750. The SMILES string of the molecule is CCC1(c2ccc(OCc3ccccc3)c(C(=O)OC)c2)OCCO1. The average molecular weight is 342 g/mol. The summed E-state index contributed by atoms with van der Waals surface area (Å²) in [6.45, 7) is 3.43. The lowest BCUT2D eigenvalue weighted by Gasteiger charge is -2.27. The number of hydrogen-bond acceptors (Lipinski definition) is 5. The molecule has 0 radical (unpaired) electrons. The molecule has 5 heteroatoms. The number of ether oxygens (including phenoxy) is 4. The van der Waals surface area contributed by atoms with Gasteiger partial charge in [-0.15, -0.1) is 0 Å². The third-order valence-electron chi connectivity index (χ3n) is 4.28. The zero-order valence-corrected chi connectivity index (χ0v) is 14.5. The van der Waals surface area contributed by atoms with Crippen molar-refractivity contribution in [3.05, 3.63) is 65.2 Å². The molecular weight excluding hydrogens is 320 g/mol. The van der Waals surface area contributed by atoms with E-state index in [0.717, 1.165) is 11.1 Å². The number of carbonyl (C=O) groups excluding carboxylic acids is 1. The molecule has 5 nitrogen and oxygen atoms in total. The van der Waals surface area contributed by atoms with Crippen LogP contribution in [-0.4, -0.2) is 26.3 Å². The molecule has 2 aromatic rings. The zero-order chi connectivity index (χ0) is 17.7. The minimum atomic E-state index is -0.805. The van der Waals surface area contributed by atoms with Crippen LogP contribution in [0.3, 0.4) is 0 Å². The van der Waals surface area contributed by atoms with Gasteiger partial charge in [0.1, 0.15) is 17.9 Å². The summed E-state index contributed by atoms with van der Waals surface area (Å²) in [5, 5.41) is 0. The van der Waals surface area contributed by atoms with E-state index in [2.05, 4.69) is 0 Å². The summed E-state index contributed by atoms with van der Waals surface area (Å²) >= 11 is 0. The van der Waals surface area contributed by atoms with Gasteiger partial charge in [0.25, 0.3) is 0 Å². The maximum atomic E-state index is 12.2. The minimum absolute atomic E-state index is 0.364. The molecule has 2 aromatic carbocycles. The summed E-state index contributed by atoms with van der Waals surface area (Å²) in [6, 6.07) is 15.2. The van der Waals surface area contributed by atoms with Crippen LogP contribution in [0.25, 0.3) is 0 Å². The van der Waals surface area contributed by atoms with Crippen molar-refractivity contribution >= 4 is 5.97 Å². The molecule has 1 fully saturated rings. The second-order valence-electron chi connectivity index (χ2n) is 5.78. The largest absolute Gasteiger partial charge is 0.488 e. The summed E-state index contributed by atoms with van der Waals surface area (Å²) in [5.74, 6) is -0.779. The van der Waals surface area contributed by atoms with Gasteiger partial charge >= 0.3 is 5.97 Å². The van der Waals surface area contributed by atoms with Gasteiger partial charge in [-0.3, -0.25) is 0 Å². The summed E-state index contributed by atoms with van der Waals surface area (Å²) in [6.07, 6.45) is 0.651. The molecule has 1 aliphatic heterocycles. The van der Waals surface area contributed by atoms with Crippen LogP contribution in [0.5, 0.6) is 5.75 Å². The maximum Gasteiger partial charge on any atom is 0.341 e. The molecule has 1 heterocycles. The zero-order valence-electron chi connectivity index (χ0n) is 14.5. The second kappa shape index (κ2) is 7.68. The number of hydrogen-bond donors (Lipinski definition) is 0. The van der Waals surface area contributed by atoms with Crippen molar-refractivity contribution in [1.29, 1.82) is 0 Å². The van der Waals surface area contributed by atoms with E-state index < -0.39 is 11.8 Å². The van der Waals surface area contributed by atoms with Crippen LogP contribution < -0.4 is 4.74 Å². The van der Waals surface area contributed by atoms with E-state index in [-0.39, 0.29) is 0 Å². The fourth-order valence-corrected chi connectivity index (χ4v) is 2.93. The van der Waals surface area contributed by atoms with E-state index in [1.165, 1.54) is 7.11 Å². The number of benzene rings is 2. The van der Waals surface area contributed by atoms with E-state index in [4.69, 9.17) is 18.9 Å². The van der Waals surface area contributed by atoms with Gasteiger partial charge in [0.2, 0.25) is 0 Å². The number of carbonyl (C=O) groups is 1. The first-order valence-electron chi connectivity index (χ1n) is 8.36. The van der Waals surface area contributed by atoms with Crippen molar-refractivity contribution in [1.82, 2.24) is 0 Å². The highest BCUT2D eigenvalue weighted by Crippen LogP contribution is 2.37. The molecule has 0 aromatic heterocycles. The Labute approximate surface area is 147 Å². The summed E-state index contributed by atoms with van der Waals surface area (Å²) in [5.41, 5.74) is 2.18. The molecule has 1 saturated heterocycles. The fraction of sp³-hybridized carbons (Fsp3) is 0.350. The van der Waals surface area contributed by atoms with E-state index in [1.54, 1.807) is 12.1 Å². The van der Waals surface area contributed by atoms with Crippen molar-refractivity contribution in [2.75, 3.05) is 20.3 Å². The maximum absolute atomic E-state index is 12.2. The molecule has 25 heavy (non-hydrogen) atoms. The Morgan fingerprint density at radius 3 is 2.48 bits per heavy atom. The molecule has 0 spiro atoms. The topological polar surface area (TPSA) is 54.0 Å². The molecule has 0 amide bonds. The van der Waals surface area contributed by atoms with Crippen LogP contribution >= 0.6 is 0 Å². The van der Waals surface area contributed by atoms with Crippen LogP contribution in [0.1, 0.15) is 34.8 Å². The van der Waals surface area contributed by atoms with Gasteiger partial charge in [0.15, 0.2) is 5.79 Å². The second-order valence-corrected chi connectivity index (χ2v) is 5.78. The van der Waals surface area contributed by atoms with E-state index >= 15 is 0 Å². The third-order valence-corrected chi connectivity index (χ3v) is 4.28. The lowest BCUT2D eigenvalue weighted by molar-refractivity contribution is -0.167. The average Bonchev–Trinajstić information content (AvgIpc) is 3.17. The van der Waals surface area contributed by atoms with E-state index in [9.17, 15) is 4.79 Å². The van der Waals surface area contributed by atoms with E-state index in [0.29, 0.717) is 37.6 Å². The smallest absolute Gasteiger partial charge is 0.341 e. The molecule has 0 aliphatic carbocycles. The summed E-state index contributed by atoms with van der Waals surface area (Å²) in [7, 11) is 1.36. The first-order chi connectivity index (χ1) is 12.2. The molecular formula is C20H22O5. The predicted octanol–water partition coefficient (Wildman–Crippen LogP) is 3.66. The highest BCUT2D eigenvalue weighted by molar-refractivity contribution is 5.92. The van der Waals surface area contributed by atoms with Crippen LogP contribution in [0.4, 0.5) is 0 Å². The first kappa shape index (κ1) is 17.5. The van der Waals surface area contributed by atoms with Gasteiger partial charge in [-0.1, -0.05) is 37.3 Å². The van der Waals surface area contributed by atoms with Crippen molar-refractivity contribution in [3.63, 3.8) is 0 Å². The van der Waals surface area contributed by atoms with Crippen LogP contribution in [0.2, 0.25) is 0 Å². The fourth-order valence-electron chi connectivity index (χ4n) is 2.93. The number of methoxy groups -OCH3 is 1. The molecule has 0 saturated carbocycles. The highest BCUT2D eigenvalue weighted by atomic mass is 16.7. The van der Waals surface area contributed by atoms with Gasteiger partial charge in [0, 0.05) is 12.0 Å². The Morgan fingerprint density at radius 2 is 1.84 bits per heavy atom. The van der Waals surface area contributed by atoms with Gasteiger partial charge in [-0.05, 0) is 23.8 Å². The number of esters is 1. The summed E-state index contributed by atoms with van der Waals surface area (Å²) in [4.78, 5) is 12.2. The Morgan fingerprint density at radius 1 is 1.12 bits per heavy atom. The van der Waals surface area contributed by atoms with Crippen molar-refractivity contribution < 1.29 is 23.7 Å². The molecule has 0 N–H and O–H groups in total. The van der Waals surface area contributed by atoms with Gasteiger partial charge in [0.05, 0.1) is 20.3 Å². The summed E-state index contributed by atoms with van der Waals surface area (Å²) < 4.78 is 22.4. The number of rotatable bonds is 6. The van der Waals surface area contributed by atoms with Crippen molar-refractivity contribution in [3.8, 4) is 5.75 Å². The standard InChI is InChI=1S/C20H22O5/c1-3-20(24-11-12-25-20)16-9-10-18(17(13-16)19(21)22-2)23-14-15-7-5-4-6-8-15/h4-10,13H,3,11-12,14H2,1-2H3. The van der Waals surface area contributed by atoms with Crippen molar-refractivity contribution in [2.24, 2.45) is 0 Å². The third kappa shape index (κ3) is 3.67. The van der Waals surface area contributed by atoms with E-state index in [1.807, 2.05) is 43.3 Å². The molecule has 0 atom stereocenters. The Kier molecular flexibility index (Phi) is 5.36. The van der Waals surface area contributed by atoms with Crippen LogP contribution in [-0.2, 0) is 26.6 Å². The Balaban J connectivity index is 1.89. The molecule has 132 valence electrons. The van der Waals surface area contributed by atoms with Crippen molar-refractivity contribution in [2.45, 2.75) is 25.7 Å². The van der Waals surface area contributed by atoms with Gasteiger partial charge in [-0.25, -0.2) is 4.79 Å². The molecule has 3 rings (SSSR count). The first-order valence-corrected chi connectivity index (χ1v) is 8.36. The Hall–Kier alpha value is -2.37. The monoisotopic (exact) mass is 342 g/mol. The Bertz CT molecular complexity index is 720. The molecule has 1 aliphatic rings. The van der Waals surface area contributed by atoms with Gasteiger partial charge < -0.3 is 18.9 Å².